The first kappa shape index (κ1) is 15.0. The highest BCUT2D eigenvalue weighted by atomic mass is 79.9. The van der Waals surface area contributed by atoms with Crippen LogP contribution < -0.4 is 4.74 Å². The first-order valence-electron chi connectivity index (χ1n) is 5.76. The molecule has 0 aliphatic carbocycles. The minimum Gasteiger partial charge on any atom is -0.491 e. The van der Waals surface area contributed by atoms with Gasteiger partial charge in [0.1, 0.15) is 5.75 Å². The Morgan fingerprint density at radius 3 is 2.42 bits per heavy atom. The number of halogens is 3. The van der Waals surface area contributed by atoms with Gasteiger partial charge in [-0.25, -0.2) is 0 Å². The van der Waals surface area contributed by atoms with Crippen molar-refractivity contribution in [3.8, 4) is 5.75 Å². The van der Waals surface area contributed by atoms with E-state index in [-0.39, 0.29) is 0 Å². The summed E-state index contributed by atoms with van der Waals surface area (Å²) >= 11 is 10.5. The summed E-state index contributed by atoms with van der Waals surface area (Å²) in [5, 5.41) is 0.820. The summed E-state index contributed by atoms with van der Waals surface area (Å²) in [7, 11) is 0. The van der Waals surface area contributed by atoms with Gasteiger partial charge in [-0.2, -0.15) is 0 Å². The maximum absolute atomic E-state index is 5.83. The molecule has 0 spiro atoms. The summed E-state index contributed by atoms with van der Waals surface area (Å²) in [4.78, 5) is 4.09. The molecule has 2 nitrogen and oxygen atoms in total. The van der Waals surface area contributed by atoms with Gasteiger partial charge in [-0.3, -0.25) is 4.98 Å². The molecule has 5 heteroatoms. The molecule has 1 aromatic heterocycles. The molecule has 19 heavy (non-hydrogen) atoms. The lowest BCUT2D eigenvalue weighted by atomic mass is 10.2. The van der Waals surface area contributed by atoms with E-state index in [9.17, 15) is 0 Å². The minimum atomic E-state index is 0.622. The molecular weight excluding hydrogens is 438 g/mol. The van der Waals surface area contributed by atoms with Gasteiger partial charge >= 0.3 is 0 Å². The van der Waals surface area contributed by atoms with Gasteiger partial charge in [0, 0.05) is 24.1 Å². The molecular formula is C14H12Br3NO. The van der Waals surface area contributed by atoms with Crippen LogP contribution in [0.25, 0.3) is 0 Å². The third-order valence-electron chi connectivity index (χ3n) is 2.57. The molecule has 0 saturated carbocycles. The number of alkyl halides is 1. The molecule has 1 heterocycles. The second-order valence-electron chi connectivity index (χ2n) is 3.98. The molecule has 0 aliphatic rings. The summed E-state index contributed by atoms with van der Waals surface area (Å²) in [6.45, 7) is 0.622. The van der Waals surface area contributed by atoms with Crippen molar-refractivity contribution in [1.29, 1.82) is 0 Å². The van der Waals surface area contributed by atoms with Crippen LogP contribution in [0.3, 0.4) is 0 Å². The van der Waals surface area contributed by atoms with Crippen LogP contribution in [0.4, 0.5) is 0 Å². The van der Waals surface area contributed by atoms with E-state index in [0.29, 0.717) is 6.61 Å². The van der Waals surface area contributed by atoms with Gasteiger partial charge in [-0.15, -0.1) is 0 Å². The summed E-state index contributed by atoms with van der Waals surface area (Å²) in [6, 6.07) is 8.10. The molecule has 0 amide bonds. The molecule has 2 rings (SSSR count). The van der Waals surface area contributed by atoms with Gasteiger partial charge in [0.15, 0.2) is 0 Å². The van der Waals surface area contributed by atoms with E-state index in [4.69, 9.17) is 4.74 Å². The van der Waals surface area contributed by atoms with Gasteiger partial charge in [-0.1, -0.05) is 22.0 Å². The normalized spacial score (nSPS) is 10.5. The molecule has 1 aromatic carbocycles. The molecule has 2 aromatic rings. The second kappa shape index (κ2) is 7.41. The standard InChI is InChI=1S/C14H12Br3NO/c15-8-11-6-12(16)14(13(17)7-11)19-5-3-10-2-1-4-18-9-10/h1-2,4,6-7,9H,3,5,8H2. The first-order chi connectivity index (χ1) is 9.20. The Morgan fingerprint density at radius 1 is 1.11 bits per heavy atom. The number of ether oxygens (including phenoxy) is 1. The monoisotopic (exact) mass is 447 g/mol. The Morgan fingerprint density at radius 2 is 1.84 bits per heavy atom. The van der Waals surface area contributed by atoms with Crippen LogP contribution in [0.1, 0.15) is 11.1 Å². The third kappa shape index (κ3) is 4.29. The number of pyridine rings is 1. The molecule has 0 bridgehead atoms. The molecule has 0 atom stereocenters. The highest BCUT2D eigenvalue weighted by Gasteiger charge is 2.08. The topological polar surface area (TPSA) is 22.1 Å². The average molecular weight is 450 g/mol. The number of aromatic nitrogens is 1. The van der Waals surface area contributed by atoms with Crippen LogP contribution in [0.15, 0.2) is 45.6 Å². The quantitative estimate of drug-likeness (QED) is 0.591. The fraction of sp³-hybridized carbons (Fsp3) is 0.214. The number of hydrogen-bond acceptors (Lipinski definition) is 2. The van der Waals surface area contributed by atoms with E-state index in [1.165, 1.54) is 11.1 Å². The SMILES string of the molecule is BrCc1cc(Br)c(OCCc2cccnc2)c(Br)c1. The van der Waals surface area contributed by atoms with Crippen LogP contribution in [0, 0.1) is 0 Å². The highest BCUT2D eigenvalue weighted by molar-refractivity contribution is 9.11. The van der Waals surface area contributed by atoms with E-state index >= 15 is 0 Å². The van der Waals surface area contributed by atoms with Crippen molar-refractivity contribution in [3.05, 3.63) is 56.7 Å². The maximum atomic E-state index is 5.83. The van der Waals surface area contributed by atoms with Gasteiger partial charge in [-0.05, 0) is 61.2 Å². The third-order valence-corrected chi connectivity index (χ3v) is 4.40. The van der Waals surface area contributed by atoms with Crippen molar-refractivity contribution in [1.82, 2.24) is 4.98 Å². The first-order valence-corrected chi connectivity index (χ1v) is 8.47. The molecule has 0 fully saturated rings. The Labute approximate surface area is 138 Å². The predicted molar refractivity (Wildman–Crippen MR) is 87.9 cm³/mol. The number of hydrogen-bond donors (Lipinski definition) is 0. The van der Waals surface area contributed by atoms with Crippen LogP contribution in [0.5, 0.6) is 5.75 Å². The maximum Gasteiger partial charge on any atom is 0.147 e. The molecule has 0 N–H and O–H groups in total. The Balaban J connectivity index is 2.00. The smallest absolute Gasteiger partial charge is 0.147 e. The van der Waals surface area contributed by atoms with Gasteiger partial charge < -0.3 is 4.74 Å². The van der Waals surface area contributed by atoms with Crippen LogP contribution >= 0.6 is 47.8 Å². The fourth-order valence-electron chi connectivity index (χ4n) is 1.64. The van der Waals surface area contributed by atoms with Crippen LogP contribution in [0.2, 0.25) is 0 Å². The van der Waals surface area contributed by atoms with E-state index in [1.807, 2.05) is 18.3 Å². The lowest BCUT2D eigenvalue weighted by Gasteiger charge is -2.11. The predicted octanol–water partition coefficient (Wildman–Crippen LogP) is 5.12. The summed E-state index contributed by atoms with van der Waals surface area (Å²) in [5.41, 5.74) is 2.37. The van der Waals surface area contributed by atoms with E-state index in [0.717, 1.165) is 26.4 Å². The van der Waals surface area contributed by atoms with E-state index in [1.54, 1.807) is 6.20 Å². The van der Waals surface area contributed by atoms with Gasteiger partial charge in [0.2, 0.25) is 0 Å². The van der Waals surface area contributed by atoms with Crippen LogP contribution in [-0.4, -0.2) is 11.6 Å². The van der Waals surface area contributed by atoms with Gasteiger partial charge in [0.25, 0.3) is 0 Å². The van der Waals surface area contributed by atoms with Crippen LogP contribution in [-0.2, 0) is 11.8 Å². The summed E-state index contributed by atoms with van der Waals surface area (Å²) in [5.74, 6) is 0.841. The molecule has 0 unspecified atom stereocenters. The minimum absolute atomic E-state index is 0.622. The lowest BCUT2D eigenvalue weighted by Crippen LogP contribution is -2.03. The Hall–Kier alpha value is -0.390. The summed E-state index contributed by atoms with van der Waals surface area (Å²) in [6.07, 6.45) is 4.48. The van der Waals surface area contributed by atoms with Gasteiger partial charge in [0.05, 0.1) is 15.6 Å². The number of rotatable bonds is 5. The van der Waals surface area contributed by atoms with Crippen molar-refractivity contribution in [2.75, 3.05) is 6.61 Å². The second-order valence-corrected chi connectivity index (χ2v) is 6.25. The molecule has 0 saturated heterocycles. The fourth-order valence-corrected chi connectivity index (χ4v) is 3.48. The van der Waals surface area contributed by atoms with Crippen molar-refractivity contribution in [2.45, 2.75) is 11.8 Å². The van der Waals surface area contributed by atoms with E-state index < -0.39 is 0 Å². The zero-order valence-corrected chi connectivity index (χ0v) is 14.8. The Kier molecular flexibility index (Phi) is 5.85. The molecule has 100 valence electrons. The number of nitrogens with zero attached hydrogens (tertiary/aromatic N) is 1. The van der Waals surface area contributed by atoms with Crippen molar-refractivity contribution in [2.24, 2.45) is 0 Å². The van der Waals surface area contributed by atoms with E-state index in [2.05, 4.69) is 64.9 Å². The number of benzene rings is 1. The largest absolute Gasteiger partial charge is 0.491 e. The van der Waals surface area contributed by atoms with Crippen molar-refractivity contribution in [3.63, 3.8) is 0 Å². The molecule has 0 aliphatic heterocycles. The molecule has 0 radical (unpaired) electrons. The average Bonchev–Trinajstić information content (AvgIpc) is 2.42. The zero-order chi connectivity index (χ0) is 13.7. The summed E-state index contributed by atoms with van der Waals surface area (Å²) < 4.78 is 7.76. The highest BCUT2D eigenvalue weighted by Crippen LogP contribution is 2.35. The zero-order valence-electron chi connectivity index (χ0n) is 10.1. The van der Waals surface area contributed by atoms with Crippen molar-refractivity contribution >= 4 is 47.8 Å². The van der Waals surface area contributed by atoms with Crippen molar-refractivity contribution < 1.29 is 4.74 Å². The Bertz CT molecular complexity index is 523. The lowest BCUT2D eigenvalue weighted by molar-refractivity contribution is 0.318.